The smallest absolute Gasteiger partial charge is 0.254 e. The summed E-state index contributed by atoms with van der Waals surface area (Å²) in [7, 11) is -0.343. The first-order valence-electron chi connectivity index (χ1n) is 10.8. The van der Waals surface area contributed by atoms with Crippen LogP contribution in [-0.2, 0) is 14.8 Å². The number of benzene rings is 2. The van der Waals surface area contributed by atoms with Crippen molar-refractivity contribution in [2.45, 2.75) is 38.5 Å². The average molecular weight is 492 g/mol. The third-order valence-electron chi connectivity index (χ3n) is 5.90. The van der Waals surface area contributed by atoms with Gasteiger partial charge in [-0.15, -0.1) is 0 Å². The third-order valence-corrected chi connectivity index (χ3v) is 8.42. The molecule has 0 aromatic heterocycles. The number of carbonyl (C=O) groups is 2. The van der Waals surface area contributed by atoms with Crippen molar-refractivity contribution in [3.63, 3.8) is 0 Å². The standard InChI is InChI=1S/C24H30ClN3O4S/c1-15-12-16(2)22(17(3)13-15)33(31,32)28-10-8-18(9-11-28)23(29)26-19-6-7-20(21(25)14-19)24(30)27(4)5/h6-7,12-14,18H,8-11H2,1-5H3,(H,26,29). The summed E-state index contributed by atoms with van der Waals surface area (Å²) in [5.41, 5.74) is 3.36. The van der Waals surface area contributed by atoms with Gasteiger partial charge in [-0.2, -0.15) is 4.31 Å². The first-order chi connectivity index (χ1) is 15.4. The van der Waals surface area contributed by atoms with Crippen molar-refractivity contribution in [1.29, 1.82) is 0 Å². The van der Waals surface area contributed by atoms with Crippen LogP contribution in [-0.4, -0.2) is 56.6 Å². The molecular weight excluding hydrogens is 462 g/mol. The van der Waals surface area contributed by atoms with Crippen LogP contribution in [0.4, 0.5) is 5.69 Å². The van der Waals surface area contributed by atoms with Crippen LogP contribution >= 0.6 is 11.6 Å². The van der Waals surface area contributed by atoms with Crippen molar-refractivity contribution in [3.05, 3.63) is 57.6 Å². The lowest BCUT2D eigenvalue weighted by molar-refractivity contribution is -0.120. The Morgan fingerprint density at radius 2 is 1.61 bits per heavy atom. The number of aryl methyl sites for hydroxylation is 3. The number of sulfonamides is 1. The number of nitrogens with one attached hydrogen (secondary N) is 1. The van der Waals surface area contributed by atoms with Gasteiger partial charge in [0.15, 0.2) is 0 Å². The maximum atomic E-state index is 13.3. The Kier molecular flexibility index (Phi) is 7.51. The molecule has 178 valence electrons. The van der Waals surface area contributed by atoms with E-state index in [1.807, 2.05) is 32.9 Å². The maximum Gasteiger partial charge on any atom is 0.254 e. The summed E-state index contributed by atoms with van der Waals surface area (Å²) in [5, 5.41) is 3.10. The van der Waals surface area contributed by atoms with E-state index in [-0.39, 0.29) is 35.8 Å². The van der Waals surface area contributed by atoms with Gasteiger partial charge in [-0.3, -0.25) is 9.59 Å². The number of hydrogen-bond donors (Lipinski definition) is 1. The maximum absolute atomic E-state index is 13.3. The van der Waals surface area contributed by atoms with E-state index in [9.17, 15) is 18.0 Å². The zero-order valence-corrected chi connectivity index (χ0v) is 21.2. The van der Waals surface area contributed by atoms with Gasteiger partial charge in [0.25, 0.3) is 5.91 Å². The van der Waals surface area contributed by atoms with Crippen LogP contribution in [0.5, 0.6) is 0 Å². The van der Waals surface area contributed by atoms with Gasteiger partial charge in [0.2, 0.25) is 15.9 Å². The van der Waals surface area contributed by atoms with Crippen LogP contribution in [0.2, 0.25) is 5.02 Å². The molecule has 7 nitrogen and oxygen atoms in total. The quantitative estimate of drug-likeness (QED) is 0.684. The fourth-order valence-electron chi connectivity index (χ4n) is 4.31. The van der Waals surface area contributed by atoms with Gasteiger partial charge in [0.05, 0.1) is 15.5 Å². The first kappa shape index (κ1) is 25.2. The molecule has 0 spiro atoms. The molecule has 1 N–H and O–H groups in total. The van der Waals surface area contributed by atoms with E-state index in [1.54, 1.807) is 32.3 Å². The predicted octanol–water partition coefficient (Wildman–Crippen LogP) is 4.01. The Balaban J connectivity index is 1.66. The van der Waals surface area contributed by atoms with Crippen molar-refractivity contribution < 1.29 is 18.0 Å². The number of halogens is 1. The normalized spacial score (nSPS) is 15.3. The van der Waals surface area contributed by atoms with Crippen molar-refractivity contribution in [2.75, 3.05) is 32.5 Å². The third kappa shape index (κ3) is 5.39. The van der Waals surface area contributed by atoms with E-state index in [1.165, 1.54) is 9.21 Å². The number of amides is 2. The lowest BCUT2D eigenvalue weighted by Crippen LogP contribution is -2.41. The molecule has 33 heavy (non-hydrogen) atoms. The van der Waals surface area contributed by atoms with Crippen LogP contribution < -0.4 is 5.32 Å². The Labute approximate surface area is 200 Å². The molecule has 1 aliphatic heterocycles. The van der Waals surface area contributed by atoms with E-state index in [4.69, 9.17) is 11.6 Å². The summed E-state index contributed by atoms with van der Waals surface area (Å²) in [6, 6.07) is 8.54. The fraction of sp³-hybridized carbons (Fsp3) is 0.417. The highest BCUT2D eigenvalue weighted by molar-refractivity contribution is 7.89. The number of rotatable bonds is 5. The Hall–Kier alpha value is -2.42. The summed E-state index contributed by atoms with van der Waals surface area (Å²) >= 11 is 6.23. The van der Waals surface area contributed by atoms with Gasteiger partial charge in [0.1, 0.15) is 0 Å². The molecule has 2 aromatic rings. The molecule has 2 aromatic carbocycles. The average Bonchev–Trinajstić information content (AvgIpc) is 2.72. The molecule has 0 aliphatic carbocycles. The van der Waals surface area contributed by atoms with Crippen LogP contribution in [0, 0.1) is 26.7 Å². The number of nitrogens with zero attached hydrogens (tertiary/aromatic N) is 2. The Bertz CT molecular complexity index is 1160. The van der Waals surface area contributed by atoms with Crippen molar-refractivity contribution in [1.82, 2.24) is 9.21 Å². The second-order valence-corrected chi connectivity index (χ2v) is 11.1. The van der Waals surface area contributed by atoms with E-state index in [0.717, 1.165) is 16.7 Å². The Morgan fingerprint density at radius 1 is 1.03 bits per heavy atom. The minimum absolute atomic E-state index is 0.183. The molecule has 0 unspecified atom stereocenters. The van der Waals surface area contributed by atoms with Gasteiger partial charge < -0.3 is 10.2 Å². The highest BCUT2D eigenvalue weighted by Crippen LogP contribution is 2.29. The molecular formula is C24H30ClN3O4S. The molecule has 3 rings (SSSR count). The van der Waals surface area contributed by atoms with Crippen molar-refractivity contribution in [2.24, 2.45) is 5.92 Å². The lowest BCUT2D eigenvalue weighted by Gasteiger charge is -2.31. The Morgan fingerprint density at radius 3 is 2.12 bits per heavy atom. The first-order valence-corrected chi connectivity index (χ1v) is 12.6. The van der Waals surface area contributed by atoms with Crippen molar-refractivity contribution >= 4 is 39.1 Å². The molecule has 1 saturated heterocycles. The largest absolute Gasteiger partial charge is 0.345 e. The minimum atomic E-state index is -3.63. The zero-order valence-electron chi connectivity index (χ0n) is 19.6. The van der Waals surface area contributed by atoms with E-state index in [2.05, 4.69) is 5.32 Å². The summed E-state index contributed by atoms with van der Waals surface area (Å²) in [6.45, 7) is 6.14. The minimum Gasteiger partial charge on any atom is -0.345 e. The van der Waals surface area contributed by atoms with E-state index < -0.39 is 10.0 Å². The van der Waals surface area contributed by atoms with Crippen LogP contribution in [0.25, 0.3) is 0 Å². The van der Waals surface area contributed by atoms with E-state index >= 15 is 0 Å². The molecule has 0 bridgehead atoms. The van der Waals surface area contributed by atoms with Crippen LogP contribution in [0.3, 0.4) is 0 Å². The van der Waals surface area contributed by atoms with Crippen molar-refractivity contribution in [3.8, 4) is 0 Å². The summed E-state index contributed by atoms with van der Waals surface area (Å²) < 4.78 is 28.0. The summed E-state index contributed by atoms with van der Waals surface area (Å²) in [5.74, 6) is -0.707. The molecule has 0 saturated carbocycles. The number of anilines is 1. The molecule has 0 radical (unpaired) electrons. The molecule has 1 fully saturated rings. The second kappa shape index (κ2) is 9.83. The van der Waals surface area contributed by atoms with E-state index in [0.29, 0.717) is 29.0 Å². The number of carbonyl (C=O) groups excluding carboxylic acids is 2. The van der Waals surface area contributed by atoms with Gasteiger partial charge in [-0.1, -0.05) is 29.3 Å². The number of piperidine rings is 1. The lowest BCUT2D eigenvalue weighted by atomic mass is 9.97. The highest BCUT2D eigenvalue weighted by atomic mass is 35.5. The molecule has 1 heterocycles. The summed E-state index contributed by atoms with van der Waals surface area (Å²) in [4.78, 5) is 26.7. The molecule has 0 atom stereocenters. The molecule has 2 amide bonds. The predicted molar refractivity (Wildman–Crippen MR) is 130 cm³/mol. The van der Waals surface area contributed by atoms with Gasteiger partial charge >= 0.3 is 0 Å². The summed E-state index contributed by atoms with van der Waals surface area (Å²) in [6.07, 6.45) is 0.861. The van der Waals surface area contributed by atoms with Crippen LogP contribution in [0.1, 0.15) is 39.9 Å². The topological polar surface area (TPSA) is 86.8 Å². The highest BCUT2D eigenvalue weighted by Gasteiger charge is 2.33. The zero-order chi connectivity index (χ0) is 24.5. The molecule has 1 aliphatic rings. The second-order valence-electron chi connectivity index (χ2n) is 8.79. The number of hydrogen-bond acceptors (Lipinski definition) is 4. The van der Waals surface area contributed by atoms with Gasteiger partial charge in [-0.05, 0) is 62.9 Å². The fourth-order valence-corrected chi connectivity index (χ4v) is 6.46. The van der Waals surface area contributed by atoms with Gasteiger partial charge in [-0.25, -0.2) is 8.42 Å². The SMILES string of the molecule is Cc1cc(C)c(S(=O)(=O)N2CCC(C(=O)Nc3ccc(C(=O)N(C)C)c(Cl)c3)CC2)c(C)c1. The van der Waals surface area contributed by atoms with Crippen LogP contribution in [0.15, 0.2) is 35.2 Å². The monoisotopic (exact) mass is 491 g/mol. The van der Waals surface area contributed by atoms with Gasteiger partial charge in [0, 0.05) is 38.8 Å². The molecule has 9 heteroatoms.